The third-order valence-corrected chi connectivity index (χ3v) is 3.14. The van der Waals surface area contributed by atoms with Crippen LogP contribution in [-0.4, -0.2) is 36.5 Å². The van der Waals surface area contributed by atoms with Crippen LogP contribution in [0.5, 0.6) is 5.75 Å². The van der Waals surface area contributed by atoms with E-state index < -0.39 is 0 Å². The van der Waals surface area contributed by atoms with Crippen LogP contribution >= 0.6 is 0 Å². The zero-order chi connectivity index (χ0) is 15.7. The molecule has 0 aliphatic rings. The Kier molecular flexibility index (Phi) is 7.23. The molecule has 0 saturated heterocycles. The Labute approximate surface area is 125 Å². The molecule has 114 valence electrons. The molecule has 0 bridgehead atoms. The molecule has 3 N–H and O–H groups in total. The Morgan fingerprint density at radius 3 is 2.76 bits per heavy atom. The quantitative estimate of drug-likeness (QED) is 0.428. The number of nitrogens with one attached hydrogen (secondary N) is 1. The van der Waals surface area contributed by atoms with Crippen molar-refractivity contribution in [3.8, 4) is 11.8 Å². The van der Waals surface area contributed by atoms with Gasteiger partial charge in [0.2, 0.25) is 0 Å². The van der Waals surface area contributed by atoms with Gasteiger partial charge in [-0.05, 0) is 26.0 Å². The number of nitriles is 1. The van der Waals surface area contributed by atoms with E-state index in [0.717, 1.165) is 0 Å². The topological polar surface area (TPSA) is 91.4 Å². The summed E-state index contributed by atoms with van der Waals surface area (Å²) in [4.78, 5) is 13.8. The normalized spacial score (nSPS) is 10.5. The summed E-state index contributed by atoms with van der Waals surface area (Å²) in [7, 11) is 0. The zero-order valence-corrected chi connectivity index (χ0v) is 12.5. The van der Waals surface area contributed by atoms with Gasteiger partial charge in [0.1, 0.15) is 12.4 Å². The largest absolute Gasteiger partial charge is 0.491 e. The van der Waals surface area contributed by atoms with E-state index in [1.165, 1.54) is 0 Å². The fourth-order valence-electron chi connectivity index (χ4n) is 1.95. The predicted molar refractivity (Wildman–Crippen MR) is 80.5 cm³/mol. The van der Waals surface area contributed by atoms with Gasteiger partial charge in [-0.25, -0.2) is 5.84 Å². The van der Waals surface area contributed by atoms with Crippen LogP contribution in [-0.2, 0) is 0 Å². The number of nitrogen functional groups attached to an aromatic ring is 1. The van der Waals surface area contributed by atoms with Gasteiger partial charge in [-0.2, -0.15) is 5.26 Å². The van der Waals surface area contributed by atoms with E-state index in [9.17, 15) is 4.79 Å². The van der Waals surface area contributed by atoms with Crippen molar-refractivity contribution in [3.05, 3.63) is 29.8 Å². The fourth-order valence-corrected chi connectivity index (χ4v) is 1.95. The maximum absolute atomic E-state index is 11.6. The summed E-state index contributed by atoms with van der Waals surface area (Å²) in [6.07, 6.45) is 0.490. The number of hydrogen-bond donors (Lipinski definition) is 2. The minimum atomic E-state index is -0.379. The highest BCUT2D eigenvalue weighted by molar-refractivity contribution is 5.96. The molecule has 0 unspecified atom stereocenters. The second kappa shape index (κ2) is 8.95. The average Bonchev–Trinajstić information content (AvgIpc) is 2.50. The number of carbonyl (C=O) groups excluding carboxylic acids is 1. The number of nitrogens with zero attached hydrogens (tertiary/aromatic N) is 2. The smallest absolute Gasteiger partial charge is 0.268 e. The van der Waals surface area contributed by atoms with Gasteiger partial charge >= 0.3 is 0 Å². The summed E-state index contributed by atoms with van der Waals surface area (Å²) < 4.78 is 5.68. The van der Waals surface area contributed by atoms with Gasteiger partial charge in [-0.3, -0.25) is 15.1 Å². The summed E-state index contributed by atoms with van der Waals surface area (Å²) in [5.74, 6) is 5.28. The molecule has 0 radical (unpaired) electrons. The Bertz CT molecular complexity index is 497. The maximum Gasteiger partial charge on any atom is 0.268 e. The number of rotatable bonds is 8. The van der Waals surface area contributed by atoms with Gasteiger partial charge < -0.3 is 4.74 Å². The molecule has 0 fully saturated rings. The van der Waals surface area contributed by atoms with Crippen molar-refractivity contribution in [1.29, 1.82) is 5.26 Å². The lowest BCUT2D eigenvalue weighted by molar-refractivity contribution is 0.0948. The van der Waals surface area contributed by atoms with Crippen LogP contribution < -0.4 is 16.0 Å². The number of benzene rings is 1. The Balaban J connectivity index is 2.59. The monoisotopic (exact) mass is 290 g/mol. The first-order valence-electron chi connectivity index (χ1n) is 6.94. The van der Waals surface area contributed by atoms with E-state index in [1.54, 1.807) is 24.3 Å². The van der Waals surface area contributed by atoms with Gasteiger partial charge in [0.05, 0.1) is 11.6 Å². The molecule has 0 saturated carbocycles. The third kappa shape index (κ3) is 5.42. The van der Waals surface area contributed by atoms with Crippen molar-refractivity contribution in [2.24, 2.45) is 5.84 Å². The van der Waals surface area contributed by atoms with Crippen LogP contribution in [0.15, 0.2) is 24.3 Å². The number of ether oxygens (including phenoxy) is 1. The predicted octanol–water partition coefficient (Wildman–Crippen LogP) is 1.29. The number of hydrazine groups is 1. The molecule has 0 aliphatic heterocycles. The molecular weight excluding hydrogens is 268 g/mol. The average molecular weight is 290 g/mol. The van der Waals surface area contributed by atoms with Crippen molar-refractivity contribution in [3.63, 3.8) is 0 Å². The van der Waals surface area contributed by atoms with Crippen molar-refractivity contribution in [2.45, 2.75) is 26.3 Å². The first-order chi connectivity index (χ1) is 10.1. The summed E-state index contributed by atoms with van der Waals surface area (Å²) in [5.41, 5.74) is 2.51. The zero-order valence-electron chi connectivity index (χ0n) is 12.5. The first-order valence-corrected chi connectivity index (χ1v) is 6.94. The first kappa shape index (κ1) is 17.0. The number of carbonyl (C=O) groups is 1. The van der Waals surface area contributed by atoms with Crippen LogP contribution in [0.2, 0.25) is 0 Å². The van der Waals surface area contributed by atoms with Gasteiger partial charge in [0.25, 0.3) is 5.91 Å². The molecule has 0 aromatic heterocycles. The lowest BCUT2D eigenvalue weighted by atomic mass is 10.2. The highest BCUT2D eigenvalue weighted by Gasteiger charge is 2.12. The number of para-hydroxylation sites is 1. The van der Waals surface area contributed by atoms with Crippen LogP contribution in [0.25, 0.3) is 0 Å². The summed E-state index contributed by atoms with van der Waals surface area (Å²) in [6.45, 7) is 6.00. The van der Waals surface area contributed by atoms with Crippen molar-refractivity contribution in [1.82, 2.24) is 10.3 Å². The van der Waals surface area contributed by atoms with E-state index >= 15 is 0 Å². The molecule has 0 heterocycles. The third-order valence-electron chi connectivity index (χ3n) is 3.14. The van der Waals surface area contributed by atoms with Crippen molar-refractivity contribution >= 4 is 5.91 Å². The lowest BCUT2D eigenvalue weighted by Crippen LogP contribution is -2.35. The number of nitrogens with two attached hydrogens (primary N) is 1. The van der Waals surface area contributed by atoms with Crippen molar-refractivity contribution < 1.29 is 9.53 Å². The SMILES string of the molecule is CC(C)N(CCC#N)CCOc1ccccc1C(=O)NN. The highest BCUT2D eigenvalue weighted by atomic mass is 16.5. The summed E-state index contributed by atoms with van der Waals surface area (Å²) in [6, 6.07) is 9.44. The van der Waals surface area contributed by atoms with E-state index in [4.69, 9.17) is 15.8 Å². The van der Waals surface area contributed by atoms with Gasteiger partial charge in [-0.15, -0.1) is 0 Å². The van der Waals surface area contributed by atoms with E-state index in [-0.39, 0.29) is 5.91 Å². The molecule has 0 aliphatic carbocycles. The maximum atomic E-state index is 11.6. The van der Waals surface area contributed by atoms with E-state index in [2.05, 4.69) is 30.2 Å². The van der Waals surface area contributed by atoms with E-state index in [1.807, 2.05) is 0 Å². The Morgan fingerprint density at radius 2 is 2.14 bits per heavy atom. The molecule has 1 aromatic carbocycles. The Hall–Kier alpha value is -2.10. The molecule has 6 nitrogen and oxygen atoms in total. The molecule has 21 heavy (non-hydrogen) atoms. The highest BCUT2D eigenvalue weighted by Crippen LogP contribution is 2.17. The minimum absolute atomic E-state index is 0.338. The van der Waals surface area contributed by atoms with Crippen LogP contribution in [0.4, 0.5) is 0 Å². The standard InChI is InChI=1S/C15H22N4O2/c1-12(2)19(9-5-8-16)10-11-21-14-7-4-3-6-13(14)15(20)18-17/h3-4,6-7,12H,5,9-11,17H2,1-2H3,(H,18,20). The summed E-state index contributed by atoms with van der Waals surface area (Å²) in [5, 5.41) is 8.66. The van der Waals surface area contributed by atoms with Crippen LogP contribution in [0.3, 0.4) is 0 Å². The van der Waals surface area contributed by atoms with Crippen molar-refractivity contribution in [2.75, 3.05) is 19.7 Å². The summed E-state index contributed by atoms with van der Waals surface area (Å²) >= 11 is 0. The molecule has 1 rings (SSSR count). The molecule has 0 atom stereocenters. The Morgan fingerprint density at radius 1 is 1.43 bits per heavy atom. The molecular formula is C15H22N4O2. The van der Waals surface area contributed by atoms with Gasteiger partial charge in [0, 0.05) is 25.6 Å². The van der Waals surface area contributed by atoms with E-state index in [0.29, 0.717) is 43.5 Å². The lowest BCUT2D eigenvalue weighted by Gasteiger charge is -2.25. The second-order valence-corrected chi connectivity index (χ2v) is 4.86. The number of hydrogen-bond acceptors (Lipinski definition) is 5. The van der Waals surface area contributed by atoms with Gasteiger partial charge in [-0.1, -0.05) is 12.1 Å². The van der Waals surface area contributed by atoms with Gasteiger partial charge in [0.15, 0.2) is 0 Å². The molecule has 6 heteroatoms. The molecule has 0 spiro atoms. The van der Waals surface area contributed by atoms with Crippen LogP contribution in [0.1, 0.15) is 30.6 Å². The molecule has 1 amide bonds. The molecule has 1 aromatic rings. The minimum Gasteiger partial charge on any atom is -0.491 e. The second-order valence-electron chi connectivity index (χ2n) is 4.86. The number of amides is 1. The fraction of sp³-hybridized carbons (Fsp3) is 0.467. The van der Waals surface area contributed by atoms with Crippen LogP contribution in [0, 0.1) is 11.3 Å².